The Morgan fingerprint density at radius 3 is 2.52 bits per heavy atom. The summed E-state index contributed by atoms with van der Waals surface area (Å²) in [6.45, 7) is 5.51. The summed E-state index contributed by atoms with van der Waals surface area (Å²) in [4.78, 5) is 29.5. The van der Waals surface area contributed by atoms with Gasteiger partial charge in [0.1, 0.15) is 0 Å². The molecular weight excluding hydrogens is 296 g/mol. The molecule has 1 aromatic rings. The molecule has 1 saturated heterocycles. The van der Waals surface area contributed by atoms with Crippen molar-refractivity contribution in [2.24, 2.45) is 22.7 Å². The molecule has 3 atom stereocenters. The number of benzene rings is 1. The molecule has 2 heterocycles. The van der Waals surface area contributed by atoms with Gasteiger partial charge in [-0.05, 0) is 30.0 Å². The second kappa shape index (κ2) is 5.77. The number of aliphatic hydroxyl groups excluding tert-OH is 1. The summed E-state index contributed by atoms with van der Waals surface area (Å²) in [5, 5.41) is 19.1. The molecule has 2 aliphatic rings. The van der Waals surface area contributed by atoms with Crippen LogP contribution < -0.4 is 4.90 Å². The van der Waals surface area contributed by atoms with Crippen molar-refractivity contribution in [3.63, 3.8) is 0 Å². The number of nitrogens with zero attached hydrogens (tertiary/aromatic N) is 2. The van der Waals surface area contributed by atoms with Crippen LogP contribution in [0.2, 0.25) is 0 Å². The largest absolute Gasteiger partial charge is 0.480 e. The van der Waals surface area contributed by atoms with Gasteiger partial charge in [0.15, 0.2) is 11.7 Å². The zero-order chi connectivity index (χ0) is 16.7. The molecule has 23 heavy (non-hydrogen) atoms. The van der Waals surface area contributed by atoms with E-state index in [1.165, 1.54) is 6.21 Å². The number of ketones is 1. The maximum atomic E-state index is 12.2. The Bertz CT molecular complexity index is 673. The van der Waals surface area contributed by atoms with Crippen molar-refractivity contribution in [3.8, 4) is 0 Å². The van der Waals surface area contributed by atoms with E-state index in [2.05, 4.69) is 9.89 Å². The highest BCUT2D eigenvalue weighted by molar-refractivity contribution is 6.22. The van der Waals surface area contributed by atoms with Crippen molar-refractivity contribution in [1.82, 2.24) is 0 Å². The number of hydrogen-bond donors (Lipinski definition) is 2. The van der Waals surface area contributed by atoms with Crippen LogP contribution in [0.15, 0.2) is 23.2 Å². The number of piperidine rings is 1. The summed E-state index contributed by atoms with van der Waals surface area (Å²) in [6.07, 6.45) is 0.891. The van der Waals surface area contributed by atoms with Crippen LogP contribution in [0.4, 0.5) is 11.4 Å². The minimum atomic E-state index is -1.20. The van der Waals surface area contributed by atoms with Gasteiger partial charge in [-0.3, -0.25) is 14.6 Å². The van der Waals surface area contributed by atoms with Crippen LogP contribution in [0.3, 0.4) is 0 Å². The Balaban J connectivity index is 1.88. The minimum Gasteiger partial charge on any atom is -0.480 e. The van der Waals surface area contributed by atoms with Gasteiger partial charge in [-0.25, -0.2) is 0 Å². The summed E-state index contributed by atoms with van der Waals surface area (Å²) in [7, 11) is 0. The fourth-order valence-corrected chi connectivity index (χ4v) is 3.36. The molecule has 6 nitrogen and oxygen atoms in total. The predicted molar refractivity (Wildman–Crippen MR) is 86.6 cm³/mol. The lowest BCUT2D eigenvalue weighted by Gasteiger charge is -2.40. The molecule has 0 saturated carbocycles. The summed E-state index contributed by atoms with van der Waals surface area (Å²) >= 11 is 0. The summed E-state index contributed by atoms with van der Waals surface area (Å²) < 4.78 is 0. The van der Waals surface area contributed by atoms with Crippen molar-refractivity contribution in [2.75, 3.05) is 18.0 Å². The smallest absolute Gasteiger partial charge is 0.319 e. The molecule has 0 radical (unpaired) electrons. The number of carboxylic acids is 1. The Morgan fingerprint density at radius 2 is 1.91 bits per heavy atom. The lowest BCUT2D eigenvalue weighted by atomic mass is 9.88. The Kier molecular flexibility index (Phi) is 3.93. The fraction of sp³-hybridized carbons (Fsp3) is 0.471. The second-order valence-electron chi connectivity index (χ2n) is 6.51. The zero-order valence-corrected chi connectivity index (χ0v) is 13.1. The highest BCUT2D eigenvalue weighted by Crippen LogP contribution is 2.33. The van der Waals surface area contributed by atoms with Gasteiger partial charge >= 0.3 is 5.97 Å². The number of aliphatic carboxylic acids is 1. The average molecular weight is 316 g/mol. The molecule has 3 unspecified atom stereocenters. The van der Waals surface area contributed by atoms with Gasteiger partial charge in [-0.2, -0.15) is 0 Å². The van der Waals surface area contributed by atoms with E-state index in [1.54, 1.807) is 6.07 Å². The summed E-state index contributed by atoms with van der Waals surface area (Å²) in [6, 6.07) is 5.30. The molecule has 0 spiro atoms. The topological polar surface area (TPSA) is 90.2 Å². The van der Waals surface area contributed by atoms with E-state index >= 15 is 0 Å². The zero-order valence-electron chi connectivity index (χ0n) is 13.1. The van der Waals surface area contributed by atoms with E-state index in [1.807, 2.05) is 26.0 Å². The molecule has 0 aromatic heterocycles. The molecule has 2 N–H and O–H groups in total. The SMILES string of the molecule is CC1CN(c2ccc3c(c2)N=CC(C(=O)O)C3=O)CC(C)C1O. The second-order valence-corrected chi connectivity index (χ2v) is 6.51. The minimum absolute atomic E-state index is 0.163. The summed E-state index contributed by atoms with van der Waals surface area (Å²) in [5.74, 6) is -2.47. The number of anilines is 1. The maximum Gasteiger partial charge on any atom is 0.319 e. The van der Waals surface area contributed by atoms with Crippen molar-refractivity contribution >= 4 is 29.3 Å². The predicted octanol–water partition coefficient (Wildman–Crippen LogP) is 1.74. The quantitative estimate of drug-likeness (QED) is 0.811. The maximum absolute atomic E-state index is 12.2. The van der Waals surface area contributed by atoms with Crippen molar-refractivity contribution < 1.29 is 19.8 Å². The average Bonchev–Trinajstić information content (AvgIpc) is 2.51. The van der Waals surface area contributed by atoms with Crippen LogP contribution in [-0.2, 0) is 4.79 Å². The van der Waals surface area contributed by atoms with Crippen LogP contribution in [0, 0.1) is 17.8 Å². The third kappa shape index (κ3) is 2.74. The van der Waals surface area contributed by atoms with Gasteiger partial charge in [-0.15, -0.1) is 0 Å². The third-order valence-electron chi connectivity index (χ3n) is 4.71. The van der Waals surface area contributed by atoms with Gasteiger partial charge in [0.05, 0.1) is 11.8 Å². The molecule has 0 bridgehead atoms. The first-order valence-electron chi connectivity index (χ1n) is 7.76. The van der Waals surface area contributed by atoms with Crippen LogP contribution in [-0.4, -0.2) is 47.4 Å². The number of fused-ring (bicyclic) bond motifs is 1. The molecule has 2 aliphatic heterocycles. The molecule has 122 valence electrons. The highest BCUT2D eigenvalue weighted by Gasteiger charge is 2.33. The first kappa shape index (κ1) is 15.7. The number of aliphatic hydroxyl groups is 1. The number of Topliss-reactive ketones (excluding diaryl/α,β-unsaturated/α-hetero) is 1. The van der Waals surface area contributed by atoms with Crippen molar-refractivity contribution in [1.29, 1.82) is 0 Å². The molecule has 3 rings (SSSR count). The van der Waals surface area contributed by atoms with E-state index in [4.69, 9.17) is 5.11 Å². The Morgan fingerprint density at radius 1 is 1.26 bits per heavy atom. The first-order chi connectivity index (χ1) is 10.9. The Hall–Kier alpha value is -2.21. The number of carbonyl (C=O) groups excluding carboxylic acids is 1. The standard InChI is InChI=1S/C17H20N2O4/c1-9-7-19(8-10(2)15(9)20)11-3-4-12-14(5-11)18-6-13(16(12)21)17(22)23/h3-6,9-10,13,15,20H,7-8H2,1-2H3,(H,22,23). The van der Waals surface area contributed by atoms with Crippen LogP contribution in [0.25, 0.3) is 0 Å². The highest BCUT2D eigenvalue weighted by atomic mass is 16.4. The van der Waals surface area contributed by atoms with Crippen LogP contribution in [0.1, 0.15) is 24.2 Å². The van der Waals surface area contributed by atoms with Gasteiger partial charge in [-0.1, -0.05) is 13.8 Å². The third-order valence-corrected chi connectivity index (χ3v) is 4.71. The molecular formula is C17H20N2O4. The van der Waals surface area contributed by atoms with E-state index in [0.717, 1.165) is 18.8 Å². The molecule has 0 amide bonds. The first-order valence-corrected chi connectivity index (χ1v) is 7.76. The molecule has 0 aliphatic carbocycles. The van der Waals surface area contributed by atoms with Gasteiger partial charge in [0.2, 0.25) is 0 Å². The number of aliphatic imine (C=N–C) groups is 1. The fourth-order valence-electron chi connectivity index (χ4n) is 3.36. The number of hydrogen-bond acceptors (Lipinski definition) is 5. The van der Waals surface area contributed by atoms with Gasteiger partial charge in [0.25, 0.3) is 0 Å². The van der Waals surface area contributed by atoms with Crippen molar-refractivity contribution in [3.05, 3.63) is 23.8 Å². The van der Waals surface area contributed by atoms with Gasteiger partial charge < -0.3 is 15.1 Å². The number of rotatable bonds is 2. The lowest BCUT2D eigenvalue weighted by Crippen LogP contribution is -2.47. The molecule has 1 aromatic carbocycles. The number of carboxylic acid groups (broad SMARTS) is 1. The molecule has 1 fully saturated rings. The summed E-state index contributed by atoms with van der Waals surface area (Å²) in [5.41, 5.74) is 1.80. The molecule has 6 heteroatoms. The monoisotopic (exact) mass is 316 g/mol. The lowest BCUT2D eigenvalue weighted by molar-refractivity contribution is -0.137. The van der Waals surface area contributed by atoms with E-state index in [9.17, 15) is 14.7 Å². The van der Waals surface area contributed by atoms with Crippen molar-refractivity contribution in [2.45, 2.75) is 20.0 Å². The van der Waals surface area contributed by atoms with E-state index in [0.29, 0.717) is 11.3 Å². The van der Waals surface area contributed by atoms with Gasteiger partial charge in [0, 0.05) is 30.6 Å². The van der Waals surface area contributed by atoms with E-state index in [-0.39, 0.29) is 17.9 Å². The normalized spacial score (nSPS) is 30.2. The van der Waals surface area contributed by atoms with E-state index < -0.39 is 17.7 Å². The van der Waals surface area contributed by atoms with Crippen LogP contribution in [0.5, 0.6) is 0 Å². The van der Waals surface area contributed by atoms with Crippen LogP contribution >= 0.6 is 0 Å². The number of carbonyl (C=O) groups is 2. The Labute approximate surface area is 134 Å².